The van der Waals surface area contributed by atoms with Crippen molar-refractivity contribution >= 4 is 17.6 Å². The molecule has 1 N–H and O–H groups in total. The van der Waals surface area contributed by atoms with Crippen LogP contribution < -0.4 is 0 Å². The lowest BCUT2D eigenvalue weighted by molar-refractivity contribution is -0.136. The van der Waals surface area contributed by atoms with E-state index in [0.29, 0.717) is 13.0 Å². The Hall–Kier alpha value is -2.07. The van der Waals surface area contributed by atoms with Crippen molar-refractivity contribution in [3.8, 4) is 0 Å². The average Bonchev–Trinajstić information content (AvgIpc) is 2.96. The highest BCUT2D eigenvalue weighted by molar-refractivity contribution is 6.31. The summed E-state index contributed by atoms with van der Waals surface area (Å²) < 4.78 is 2.23. The second-order valence-electron chi connectivity index (χ2n) is 6.05. The third-order valence-corrected chi connectivity index (χ3v) is 4.45. The van der Waals surface area contributed by atoms with Crippen molar-refractivity contribution in [3.63, 3.8) is 0 Å². The fraction of sp³-hybridized carbons (Fsp3) is 0.400. The van der Waals surface area contributed by atoms with Gasteiger partial charge in [0.15, 0.2) is 0 Å². The summed E-state index contributed by atoms with van der Waals surface area (Å²) in [5.41, 5.74) is 2.20. The van der Waals surface area contributed by atoms with Gasteiger partial charge in [-0.25, -0.2) is 4.98 Å². The standard InChI is InChI=1S/C20H25ClN2O2/c1-2-3-12-19-22-14-17(10-5-4-6-13-20(24)25)23(19)15-16-9-7-8-11-18(16)21/h4-5,7-9,11,14H,2-3,6,10,12-13,15H2,1H3,(H,24,25). The minimum absolute atomic E-state index is 0.164. The van der Waals surface area contributed by atoms with Crippen LogP contribution in [-0.2, 0) is 24.2 Å². The van der Waals surface area contributed by atoms with Crippen LogP contribution in [0.5, 0.6) is 0 Å². The first kappa shape index (κ1) is 19.3. The molecular weight excluding hydrogens is 336 g/mol. The Morgan fingerprint density at radius 1 is 1.32 bits per heavy atom. The highest BCUT2D eigenvalue weighted by Gasteiger charge is 2.11. The van der Waals surface area contributed by atoms with Gasteiger partial charge in [0.05, 0.1) is 6.54 Å². The Morgan fingerprint density at radius 3 is 2.84 bits per heavy atom. The predicted molar refractivity (Wildman–Crippen MR) is 101 cm³/mol. The van der Waals surface area contributed by atoms with E-state index in [2.05, 4.69) is 16.5 Å². The van der Waals surface area contributed by atoms with Crippen LogP contribution in [0.2, 0.25) is 5.02 Å². The van der Waals surface area contributed by atoms with Gasteiger partial charge in [-0.2, -0.15) is 0 Å². The van der Waals surface area contributed by atoms with Crippen molar-refractivity contribution in [1.29, 1.82) is 0 Å². The van der Waals surface area contributed by atoms with Crippen LogP contribution in [0.4, 0.5) is 0 Å². The number of allylic oxidation sites excluding steroid dienone is 2. The van der Waals surface area contributed by atoms with E-state index in [0.717, 1.165) is 47.8 Å². The molecule has 0 aliphatic carbocycles. The maximum atomic E-state index is 10.6. The summed E-state index contributed by atoms with van der Waals surface area (Å²) in [5, 5.41) is 9.45. The molecular formula is C20H25ClN2O2. The number of carboxylic acids is 1. The molecule has 25 heavy (non-hydrogen) atoms. The van der Waals surface area contributed by atoms with Crippen LogP contribution in [0, 0.1) is 0 Å². The third-order valence-electron chi connectivity index (χ3n) is 4.08. The Labute approximate surface area is 154 Å². The molecule has 0 atom stereocenters. The van der Waals surface area contributed by atoms with Crippen molar-refractivity contribution in [1.82, 2.24) is 9.55 Å². The molecule has 134 valence electrons. The van der Waals surface area contributed by atoms with Crippen molar-refractivity contribution in [2.24, 2.45) is 0 Å². The predicted octanol–water partition coefficient (Wildman–Crippen LogP) is 4.89. The number of rotatable bonds is 10. The number of hydrogen-bond acceptors (Lipinski definition) is 2. The topological polar surface area (TPSA) is 55.1 Å². The van der Waals surface area contributed by atoms with E-state index in [1.165, 1.54) is 0 Å². The van der Waals surface area contributed by atoms with Crippen molar-refractivity contribution in [2.45, 2.75) is 52.0 Å². The van der Waals surface area contributed by atoms with Gasteiger partial charge in [-0.1, -0.05) is 55.3 Å². The van der Waals surface area contributed by atoms with E-state index in [1.54, 1.807) is 0 Å². The van der Waals surface area contributed by atoms with Crippen LogP contribution in [0.25, 0.3) is 0 Å². The summed E-state index contributed by atoms with van der Waals surface area (Å²) in [6.07, 6.45) is 10.5. The molecule has 2 aromatic rings. The third kappa shape index (κ3) is 6.05. The molecule has 0 aliphatic rings. The first-order valence-corrected chi connectivity index (χ1v) is 9.13. The summed E-state index contributed by atoms with van der Waals surface area (Å²) in [7, 11) is 0. The molecule has 0 radical (unpaired) electrons. The Kier molecular flexibility index (Phi) is 7.74. The number of aromatic nitrogens is 2. The number of carboxylic acid groups (broad SMARTS) is 1. The fourth-order valence-electron chi connectivity index (χ4n) is 2.67. The first-order chi connectivity index (χ1) is 12.1. The quantitative estimate of drug-likeness (QED) is 0.613. The van der Waals surface area contributed by atoms with Gasteiger partial charge in [-0.05, 0) is 24.5 Å². The highest BCUT2D eigenvalue weighted by Crippen LogP contribution is 2.19. The summed E-state index contributed by atoms with van der Waals surface area (Å²) in [6.45, 7) is 2.88. The normalized spacial score (nSPS) is 11.3. The van der Waals surface area contributed by atoms with Gasteiger partial charge in [-0.3, -0.25) is 4.79 Å². The Morgan fingerprint density at radius 2 is 2.12 bits per heavy atom. The monoisotopic (exact) mass is 360 g/mol. The number of hydrogen-bond donors (Lipinski definition) is 1. The molecule has 0 bridgehead atoms. The van der Waals surface area contributed by atoms with Crippen LogP contribution in [-0.4, -0.2) is 20.6 Å². The molecule has 0 fully saturated rings. The van der Waals surface area contributed by atoms with E-state index in [1.807, 2.05) is 42.6 Å². The molecule has 0 saturated carbocycles. The molecule has 1 heterocycles. The number of benzene rings is 1. The number of unbranched alkanes of at least 4 members (excludes halogenated alkanes) is 1. The number of carbonyl (C=O) groups is 1. The zero-order valence-electron chi connectivity index (χ0n) is 14.6. The van der Waals surface area contributed by atoms with Crippen molar-refractivity contribution in [2.75, 3.05) is 0 Å². The maximum Gasteiger partial charge on any atom is 0.303 e. The number of nitrogens with zero attached hydrogens (tertiary/aromatic N) is 2. The minimum atomic E-state index is -0.768. The van der Waals surface area contributed by atoms with Gasteiger partial charge in [-0.15, -0.1) is 0 Å². The zero-order chi connectivity index (χ0) is 18.1. The van der Waals surface area contributed by atoms with Gasteiger partial charge >= 0.3 is 5.97 Å². The van der Waals surface area contributed by atoms with Gasteiger partial charge in [0.1, 0.15) is 5.82 Å². The molecule has 5 heteroatoms. The lowest BCUT2D eigenvalue weighted by Gasteiger charge is -2.12. The molecule has 4 nitrogen and oxygen atoms in total. The molecule has 1 aromatic carbocycles. The van der Waals surface area contributed by atoms with E-state index in [-0.39, 0.29) is 6.42 Å². The van der Waals surface area contributed by atoms with Gasteiger partial charge in [0, 0.05) is 36.2 Å². The number of aryl methyl sites for hydroxylation is 1. The lowest BCUT2D eigenvalue weighted by atomic mass is 10.2. The van der Waals surface area contributed by atoms with E-state index in [4.69, 9.17) is 16.7 Å². The van der Waals surface area contributed by atoms with Crippen LogP contribution in [0.3, 0.4) is 0 Å². The van der Waals surface area contributed by atoms with Gasteiger partial charge in [0.2, 0.25) is 0 Å². The van der Waals surface area contributed by atoms with E-state index < -0.39 is 5.97 Å². The molecule has 0 unspecified atom stereocenters. The zero-order valence-corrected chi connectivity index (χ0v) is 15.4. The van der Waals surface area contributed by atoms with Gasteiger partial charge in [0.25, 0.3) is 0 Å². The lowest BCUT2D eigenvalue weighted by Crippen LogP contribution is -2.09. The summed E-state index contributed by atoms with van der Waals surface area (Å²) >= 11 is 6.32. The van der Waals surface area contributed by atoms with Crippen LogP contribution >= 0.6 is 11.6 Å². The highest BCUT2D eigenvalue weighted by atomic mass is 35.5. The fourth-order valence-corrected chi connectivity index (χ4v) is 2.87. The Balaban J connectivity index is 2.14. The second kappa shape index (κ2) is 10.0. The van der Waals surface area contributed by atoms with E-state index >= 15 is 0 Å². The number of imidazole rings is 1. The average molecular weight is 361 g/mol. The molecule has 0 aliphatic heterocycles. The molecule has 1 aromatic heterocycles. The SMILES string of the molecule is CCCCc1ncc(CC=CCCC(=O)O)n1Cc1ccccc1Cl. The Bertz CT molecular complexity index is 722. The molecule has 0 amide bonds. The van der Waals surface area contributed by atoms with Crippen molar-refractivity contribution in [3.05, 3.63) is 64.7 Å². The number of aliphatic carboxylic acids is 1. The minimum Gasteiger partial charge on any atom is -0.481 e. The van der Waals surface area contributed by atoms with E-state index in [9.17, 15) is 4.79 Å². The second-order valence-corrected chi connectivity index (χ2v) is 6.46. The van der Waals surface area contributed by atoms with Gasteiger partial charge < -0.3 is 9.67 Å². The summed E-state index contributed by atoms with van der Waals surface area (Å²) in [5.74, 6) is 0.311. The maximum absolute atomic E-state index is 10.6. The largest absolute Gasteiger partial charge is 0.481 e. The number of halogens is 1. The van der Waals surface area contributed by atoms with Crippen LogP contribution in [0.1, 0.15) is 49.7 Å². The molecule has 0 spiro atoms. The molecule has 0 saturated heterocycles. The summed E-state index contributed by atoms with van der Waals surface area (Å²) in [6, 6.07) is 7.88. The smallest absolute Gasteiger partial charge is 0.303 e. The first-order valence-electron chi connectivity index (χ1n) is 8.75. The van der Waals surface area contributed by atoms with Crippen LogP contribution in [0.15, 0.2) is 42.6 Å². The van der Waals surface area contributed by atoms with Crippen molar-refractivity contribution < 1.29 is 9.90 Å². The summed E-state index contributed by atoms with van der Waals surface area (Å²) in [4.78, 5) is 15.2. The molecule has 2 rings (SSSR count).